The van der Waals surface area contributed by atoms with Crippen molar-refractivity contribution in [1.82, 2.24) is 10.2 Å². The van der Waals surface area contributed by atoms with E-state index in [-0.39, 0.29) is 17.7 Å². The number of nitrogens with zero attached hydrogens (tertiary/aromatic N) is 1. The number of nitrogens with one attached hydrogen (secondary N) is 1. The molecule has 1 aliphatic heterocycles. The van der Waals surface area contributed by atoms with Gasteiger partial charge in [0.1, 0.15) is 0 Å². The summed E-state index contributed by atoms with van der Waals surface area (Å²) < 4.78 is 0. The summed E-state index contributed by atoms with van der Waals surface area (Å²) in [5.41, 5.74) is 5.66. The normalized spacial score (nSPS) is 25.1. The largest absolute Gasteiger partial charge is 0.356 e. The van der Waals surface area contributed by atoms with Crippen LogP contribution in [0, 0.1) is 11.8 Å². The number of amides is 2. The van der Waals surface area contributed by atoms with Gasteiger partial charge in [-0.15, -0.1) is 0 Å². The maximum Gasteiger partial charge on any atom is 0.242 e. The lowest BCUT2D eigenvalue weighted by atomic mass is 9.92. The molecule has 0 aromatic carbocycles. The average Bonchev–Trinajstić information content (AvgIpc) is 2.92. The van der Waals surface area contributed by atoms with Crippen LogP contribution in [0.4, 0.5) is 0 Å². The van der Waals surface area contributed by atoms with Crippen LogP contribution in [0.1, 0.15) is 52.4 Å². The van der Waals surface area contributed by atoms with E-state index in [1.165, 1.54) is 0 Å². The number of piperidine rings is 1. The molecule has 2 fully saturated rings. The SMILES string of the molecule is CC(C)C(=O)NCC1CCCN(C(=O)C2(N)CCCC2)C1. The Balaban J connectivity index is 1.85. The van der Waals surface area contributed by atoms with Crippen LogP contribution in [0.25, 0.3) is 0 Å². The second-order valence-electron chi connectivity index (χ2n) is 7.02. The third-order valence-electron chi connectivity index (χ3n) is 4.82. The first-order chi connectivity index (χ1) is 9.92. The number of carbonyl (C=O) groups is 2. The molecule has 0 spiro atoms. The first-order valence-electron chi connectivity index (χ1n) is 8.28. The fraction of sp³-hybridized carbons (Fsp3) is 0.875. The molecule has 1 saturated carbocycles. The predicted octanol–water partition coefficient (Wildman–Crippen LogP) is 1.27. The van der Waals surface area contributed by atoms with E-state index in [4.69, 9.17) is 5.73 Å². The fourth-order valence-corrected chi connectivity index (χ4v) is 3.40. The average molecular weight is 295 g/mol. The van der Waals surface area contributed by atoms with E-state index >= 15 is 0 Å². The highest BCUT2D eigenvalue weighted by atomic mass is 16.2. The number of likely N-dealkylation sites (tertiary alicyclic amines) is 1. The summed E-state index contributed by atoms with van der Waals surface area (Å²) >= 11 is 0. The van der Waals surface area contributed by atoms with Crippen LogP contribution in [0.5, 0.6) is 0 Å². The Morgan fingerprint density at radius 3 is 2.57 bits per heavy atom. The van der Waals surface area contributed by atoms with Crippen molar-refractivity contribution in [3.63, 3.8) is 0 Å². The molecule has 5 nitrogen and oxygen atoms in total. The van der Waals surface area contributed by atoms with Gasteiger partial charge in [0.15, 0.2) is 0 Å². The van der Waals surface area contributed by atoms with E-state index in [0.717, 1.165) is 51.6 Å². The van der Waals surface area contributed by atoms with E-state index in [2.05, 4.69) is 5.32 Å². The lowest BCUT2D eigenvalue weighted by Gasteiger charge is -2.37. The summed E-state index contributed by atoms with van der Waals surface area (Å²) in [6, 6.07) is 0. The van der Waals surface area contributed by atoms with E-state index in [0.29, 0.717) is 12.5 Å². The van der Waals surface area contributed by atoms with Crippen LogP contribution >= 0.6 is 0 Å². The molecule has 2 rings (SSSR count). The monoisotopic (exact) mass is 295 g/mol. The van der Waals surface area contributed by atoms with Crippen molar-refractivity contribution < 1.29 is 9.59 Å². The van der Waals surface area contributed by atoms with Crippen molar-refractivity contribution >= 4 is 11.8 Å². The molecule has 21 heavy (non-hydrogen) atoms. The first kappa shape index (κ1) is 16.3. The van der Waals surface area contributed by atoms with Gasteiger partial charge in [-0.25, -0.2) is 0 Å². The number of hydrogen-bond acceptors (Lipinski definition) is 3. The highest BCUT2D eigenvalue weighted by Crippen LogP contribution is 2.30. The van der Waals surface area contributed by atoms with Gasteiger partial charge in [0, 0.05) is 25.6 Å². The number of rotatable bonds is 4. The molecule has 1 aliphatic carbocycles. The summed E-state index contributed by atoms with van der Waals surface area (Å²) in [6.45, 7) is 6.00. The van der Waals surface area contributed by atoms with Crippen LogP contribution in [-0.4, -0.2) is 41.9 Å². The molecule has 5 heteroatoms. The van der Waals surface area contributed by atoms with Gasteiger partial charge >= 0.3 is 0 Å². The van der Waals surface area contributed by atoms with Crippen molar-refractivity contribution in [1.29, 1.82) is 0 Å². The first-order valence-corrected chi connectivity index (χ1v) is 8.28. The van der Waals surface area contributed by atoms with Gasteiger partial charge in [-0.3, -0.25) is 9.59 Å². The molecule has 0 aromatic rings. The third kappa shape index (κ3) is 3.96. The second kappa shape index (κ2) is 6.77. The Morgan fingerprint density at radius 1 is 1.29 bits per heavy atom. The third-order valence-corrected chi connectivity index (χ3v) is 4.82. The van der Waals surface area contributed by atoms with E-state index in [1.807, 2.05) is 18.7 Å². The summed E-state index contributed by atoms with van der Waals surface area (Å²) in [4.78, 5) is 26.2. The van der Waals surface area contributed by atoms with Gasteiger partial charge in [0.2, 0.25) is 11.8 Å². The van der Waals surface area contributed by atoms with Gasteiger partial charge in [-0.2, -0.15) is 0 Å². The van der Waals surface area contributed by atoms with Crippen LogP contribution in [-0.2, 0) is 9.59 Å². The Hall–Kier alpha value is -1.10. The van der Waals surface area contributed by atoms with Crippen LogP contribution < -0.4 is 11.1 Å². The Labute approximate surface area is 127 Å². The Kier molecular flexibility index (Phi) is 5.25. The predicted molar refractivity (Wildman–Crippen MR) is 82.5 cm³/mol. The summed E-state index contributed by atoms with van der Waals surface area (Å²) in [7, 11) is 0. The smallest absolute Gasteiger partial charge is 0.242 e. The van der Waals surface area contributed by atoms with Gasteiger partial charge in [0.25, 0.3) is 0 Å². The van der Waals surface area contributed by atoms with Crippen molar-refractivity contribution in [3.05, 3.63) is 0 Å². The molecule has 1 heterocycles. The summed E-state index contributed by atoms with van der Waals surface area (Å²) in [6.07, 6.45) is 5.83. The van der Waals surface area contributed by atoms with Crippen molar-refractivity contribution in [2.45, 2.75) is 57.9 Å². The molecule has 1 saturated heterocycles. The molecule has 3 N–H and O–H groups in total. The Bertz CT molecular complexity index is 389. The zero-order chi connectivity index (χ0) is 15.5. The van der Waals surface area contributed by atoms with Gasteiger partial charge in [-0.1, -0.05) is 26.7 Å². The lowest BCUT2D eigenvalue weighted by molar-refractivity contribution is -0.138. The quantitative estimate of drug-likeness (QED) is 0.820. The molecule has 0 radical (unpaired) electrons. The molecular weight excluding hydrogens is 266 g/mol. The molecule has 120 valence electrons. The van der Waals surface area contributed by atoms with E-state index in [1.54, 1.807) is 0 Å². The molecular formula is C16H29N3O2. The second-order valence-corrected chi connectivity index (χ2v) is 7.02. The van der Waals surface area contributed by atoms with Crippen molar-refractivity contribution in [3.8, 4) is 0 Å². The van der Waals surface area contributed by atoms with Crippen LogP contribution in [0.15, 0.2) is 0 Å². The zero-order valence-electron chi connectivity index (χ0n) is 13.4. The van der Waals surface area contributed by atoms with Crippen molar-refractivity contribution in [2.75, 3.05) is 19.6 Å². The molecule has 0 aromatic heterocycles. The number of hydrogen-bond donors (Lipinski definition) is 2. The minimum absolute atomic E-state index is 0.0112. The van der Waals surface area contributed by atoms with E-state index in [9.17, 15) is 9.59 Å². The highest BCUT2D eigenvalue weighted by molar-refractivity contribution is 5.86. The Morgan fingerprint density at radius 2 is 1.95 bits per heavy atom. The highest BCUT2D eigenvalue weighted by Gasteiger charge is 2.40. The minimum atomic E-state index is -0.622. The van der Waals surface area contributed by atoms with Crippen molar-refractivity contribution in [2.24, 2.45) is 17.6 Å². The molecule has 1 atom stereocenters. The standard InChI is InChI=1S/C16H29N3O2/c1-12(2)14(20)18-10-13-6-5-9-19(11-13)15(21)16(17)7-3-4-8-16/h12-13H,3-11,17H2,1-2H3,(H,18,20). The molecule has 0 bridgehead atoms. The van der Waals surface area contributed by atoms with Crippen LogP contribution in [0.3, 0.4) is 0 Å². The van der Waals surface area contributed by atoms with Gasteiger partial charge in [-0.05, 0) is 31.6 Å². The maximum atomic E-state index is 12.6. The minimum Gasteiger partial charge on any atom is -0.356 e. The summed E-state index contributed by atoms with van der Waals surface area (Å²) in [5, 5.41) is 2.98. The van der Waals surface area contributed by atoms with E-state index < -0.39 is 5.54 Å². The lowest BCUT2D eigenvalue weighted by Crippen LogP contribution is -2.56. The van der Waals surface area contributed by atoms with Crippen LogP contribution in [0.2, 0.25) is 0 Å². The molecule has 1 unspecified atom stereocenters. The number of nitrogens with two attached hydrogens (primary N) is 1. The van der Waals surface area contributed by atoms with Gasteiger partial charge in [0.05, 0.1) is 5.54 Å². The fourth-order valence-electron chi connectivity index (χ4n) is 3.40. The topological polar surface area (TPSA) is 75.4 Å². The maximum absolute atomic E-state index is 12.6. The molecule has 2 amide bonds. The number of carbonyl (C=O) groups excluding carboxylic acids is 2. The zero-order valence-corrected chi connectivity index (χ0v) is 13.4. The van der Waals surface area contributed by atoms with Gasteiger partial charge < -0.3 is 16.0 Å². The molecule has 2 aliphatic rings. The summed E-state index contributed by atoms with van der Waals surface area (Å²) in [5.74, 6) is 0.581.